The monoisotopic (exact) mass is 388 g/mol. The van der Waals surface area contributed by atoms with E-state index in [1.165, 1.54) is 17.0 Å². The molecule has 8 heteroatoms. The first-order valence-corrected chi connectivity index (χ1v) is 8.69. The minimum Gasteiger partial charge on any atom is -0.481 e. The quantitative estimate of drug-likeness (QED) is 0.638. The molecule has 7 nitrogen and oxygen atoms in total. The number of nitrogens with zero attached hydrogens (tertiary/aromatic N) is 2. The Labute approximate surface area is 160 Å². The normalized spacial score (nSPS) is 19.1. The van der Waals surface area contributed by atoms with E-state index in [9.17, 15) is 24.8 Å². The van der Waals surface area contributed by atoms with Gasteiger partial charge in [-0.15, -0.1) is 0 Å². The molecule has 2 aromatic carbocycles. The molecule has 1 heterocycles. The summed E-state index contributed by atoms with van der Waals surface area (Å²) in [5.41, 5.74) is 0.975. The number of halogens is 1. The number of amides is 1. The smallest absolute Gasteiger partial charge is 0.308 e. The van der Waals surface area contributed by atoms with Crippen LogP contribution < -0.4 is 0 Å². The third-order valence-electron chi connectivity index (χ3n) is 4.88. The number of aliphatic carboxylic acids is 1. The first kappa shape index (κ1) is 18.8. The number of carboxylic acids is 1. The summed E-state index contributed by atoms with van der Waals surface area (Å²) in [5, 5.41) is 21.4. The number of aryl methyl sites for hydroxylation is 1. The number of hydrogen-bond acceptors (Lipinski definition) is 4. The van der Waals surface area contributed by atoms with Crippen molar-refractivity contribution in [2.45, 2.75) is 12.8 Å². The van der Waals surface area contributed by atoms with Crippen LogP contribution in [0.25, 0.3) is 0 Å². The zero-order chi connectivity index (χ0) is 19.7. The van der Waals surface area contributed by atoms with Crippen LogP contribution in [0.15, 0.2) is 42.5 Å². The Hall–Kier alpha value is -2.93. The fourth-order valence-corrected chi connectivity index (χ4v) is 3.63. The Bertz CT molecular complexity index is 913. The fraction of sp³-hybridized carbons (Fsp3) is 0.263. The summed E-state index contributed by atoms with van der Waals surface area (Å²) in [4.78, 5) is 36.8. The third kappa shape index (κ3) is 3.64. The molecule has 2 aromatic rings. The second-order valence-electron chi connectivity index (χ2n) is 6.54. The predicted octanol–water partition coefficient (Wildman–Crippen LogP) is 3.50. The van der Waals surface area contributed by atoms with Crippen LogP contribution in [0.5, 0.6) is 0 Å². The molecule has 140 valence electrons. The standard InChI is InChI=1S/C19H17ClN2O5/c1-11-3-2-4-16(22(26)27)17(11)18(23)21-9-14(15(10-21)19(24)25)12-5-7-13(20)8-6-12/h2-8,14-15H,9-10H2,1H3,(H,24,25)/t14-,15+/m0/s1. The van der Waals surface area contributed by atoms with Gasteiger partial charge >= 0.3 is 5.97 Å². The number of carbonyl (C=O) groups excluding carboxylic acids is 1. The van der Waals surface area contributed by atoms with E-state index in [1.54, 1.807) is 37.3 Å². The maximum absolute atomic E-state index is 13.0. The Morgan fingerprint density at radius 1 is 1.19 bits per heavy atom. The van der Waals surface area contributed by atoms with Gasteiger partial charge in [-0.25, -0.2) is 0 Å². The molecular weight excluding hydrogens is 372 g/mol. The summed E-state index contributed by atoms with van der Waals surface area (Å²) in [6, 6.07) is 11.3. The van der Waals surface area contributed by atoms with Crippen LogP contribution in [0, 0.1) is 23.0 Å². The largest absolute Gasteiger partial charge is 0.481 e. The number of carboxylic acid groups (broad SMARTS) is 1. The zero-order valence-electron chi connectivity index (χ0n) is 14.5. The topological polar surface area (TPSA) is 101 Å². The molecule has 1 amide bonds. The highest BCUT2D eigenvalue weighted by atomic mass is 35.5. The number of carbonyl (C=O) groups is 2. The molecule has 0 unspecified atom stereocenters. The summed E-state index contributed by atoms with van der Waals surface area (Å²) in [6.07, 6.45) is 0. The predicted molar refractivity (Wildman–Crippen MR) is 99.1 cm³/mol. The van der Waals surface area contributed by atoms with Crippen molar-refractivity contribution in [1.82, 2.24) is 4.90 Å². The average molecular weight is 389 g/mol. The van der Waals surface area contributed by atoms with Crippen LogP contribution in [-0.2, 0) is 4.79 Å². The van der Waals surface area contributed by atoms with Crippen LogP contribution >= 0.6 is 11.6 Å². The van der Waals surface area contributed by atoms with E-state index in [0.29, 0.717) is 10.6 Å². The molecule has 0 radical (unpaired) electrons. The molecule has 3 rings (SSSR count). The van der Waals surface area contributed by atoms with Gasteiger partial charge in [0.2, 0.25) is 0 Å². The van der Waals surface area contributed by atoms with Gasteiger partial charge in [-0.3, -0.25) is 19.7 Å². The van der Waals surface area contributed by atoms with Crippen LogP contribution in [0.2, 0.25) is 5.02 Å². The third-order valence-corrected chi connectivity index (χ3v) is 5.14. The number of nitro benzene ring substituents is 1. The molecule has 27 heavy (non-hydrogen) atoms. The van der Waals surface area contributed by atoms with Crippen LogP contribution in [0.4, 0.5) is 5.69 Å². The van der Waals surface area contributed by atoms with Crippen molar-refractivity contribution < 1.29 is 19.6 Å². The van der Waals surface area contributed by atoms with E-state index >= 15 is 0 Å². The van der Waals surface area contributed by atoms with Crippen molar-refractivity contribution in [2.24, 2.45) is 5.92 Å². The molecule has 0 aromatic heterocycles. The number of nitro groups is 1. The van der Waals surface area contributed by atoms with Crippen LogP contribution in [0.3, 0.4) is 0 Å². The Morgan fingerprint density at radius 2 is 1.85 bits per heavy atom. The van der Waals surface area contributed by atoms with E-state index in [1.807, 2.05) is 0 Å². The van der Waals surface area contributed by atoms with Gasteiger partial charge in [0.25, 0.3) is 11.6 Å². The molecule has 1 saturated heterocycles. The Balaban J connectivity index is 1.95. The van der Waals surface area contributed by atoms with Crippen LogP contribution in [0.1, 0.15) is 27.4 Å². The van der Waals surface area contributed by atoms with E-state index in [-0.39, 0.29) is 24.3 Å². The van der Waals surface area contributed by atoms with E-state index in [0.717, 1.165) is 5.56 Å². The highest BCUT2D eigenvalue weighted by molar-refractivity contribution is 6.30. The average Bonchev–Trinajstić information content (AvgIpc) is 3.07. The lowest BCUT2D eigenvalue weighted by atomic mass is 9.89. The first-order valence-electron chi connectivity index (χ1n) is 8.31. The van der Waals surface area contributed by atoms with Crippen molar-refractivity contribution in [3.05, 3.63) is 74.3 Å². The lowest BCUT2D eigenvalue weighted by Crippen LogP contribution is -2.31. The fourth-order valence-electron chi connectivity index (χ4n) is 3.51. The molecule has 0 bridgehead atoms. The first-order chi connectivity index (χ1) is 12.8. The lowest BCUT2D eigenvalue weighted by Gasteiger charge is -2.18. The van der Waals surface area contributed by atoms with Gasteiger partial charge in [-0.2, -0.15) is 0 Å². The summed E-state index contributed by atoms with van der Waals surface area (Å²) in [7, 11) is 0. The second kappa shape index (κ2) is 7.36. The summed E-state index contributed by atoms with van der Waals surface area (Å²) in [6.45, 7) is 1.79. The van der Waals surface area contributed by atoms with Crippen LogP contribution in [-0.4, -0.2) is 39.9 Å². The zero-order valence-corrected chi connectivity index (χ0v) is 15.2. The van der Waals surface area contributed by atoms with Crippen molar-refractivity contribution in [2.75, 3.05) is 13.1 Å². The lowest BCUT2D eigenvalue weighted by molar-refractivity contribution is -0.385. The van der Waals surface area contributed by atoms with Gasteiger partial charge in [0.1, 0.15) is 5.56 Å². The summed E-state index contributed by atoms with van der Waals surface area (Å²) >= 11 is 5.90. The number of likely N-dealkylation sites (tertiary alicyclic amines) is 1. The molecule has 0 aliphatic carbocycles. The highest BCUT2D eigenvalue weighted by Gasteiger charge is 2.42. The molecule has 1 N–H and O–H groups in total. The summed E-state index contributed by atoms with van der Waals surface area (Å²) < 4.78 is 0. The van der Waals surface area contributed by atoms with E-state index in [2.05, 4.69) is 0 Å². The van der Waals surface area contributed by atoms with Gasteiger partial charge in [-0.1, -0.05) is 35.9 Å². The molecule has 1 fully saturated rings. The SMILES string of the molecule is Cc1cccc([N+](=O)[O-])c1C(=O)N1C[C@@H](C(=O)O)[C@H](c2ccc(Cl)cc2)C1. The van der Waals surface area contributed by atoms with Gasteiger partial charge in [-0.05, 0) is 30.2 Å². The van der Waals surface area contributed by atoms with Crippen molar-refractivity contribution in [3.63, 3.8) is 0 Å². The van der Waals surface area contributed by atoms with Gasteiger partial charge in [0.05, 0.1) is 10.8 Å². The van der Waals surface area contributed by atoms with E-state index in [4.69, 9.17) is 11.6 Å². The molecule has 2 atom stereocenters. The second-order valence-corrected chi connectivity index (χ2v) is 6.98. The Morgan fingerprint density at radius 3 is 2.44 bits per heavy atom. The molecule has 0 spiro atoms. The molecule has 0 saturated carbocycles. The molecular formula is C19H17ClN2O5. The Kier molecular flexibility index (Phi) is 5.14. The molecule has 1 aliphatic heterocycles. The molecule has 1 aliphatic rings. The minimum atomic E-state index is -1.01. The summed E-state index contributed by atoms with van der Waals surface area (Å²) in [5.74, 6) is -2.74. The number of hydrogen-bond donors (Lipinski definition) is 1. The minimum absolute atomic E-state index is 0.00314. The van der Waals surface area contributed by atoms with Crippen molar-refractivity contribution in [1.29, 1.82) is 0 Å². The number of benzene rings is 2. The highest BCUT2D eigenvalue weighted by Crippen LogP contribution is 2.35. The van der Waals surface area contributed by atoms with Crippen molar-refractivity contribution in [3.8, 4) is 0 Å². The van der Waals surface area contributed by atoms with Gasteiger partial charge in [0, 0.05) is 30.1 Å². The van der Waals surface area contributed by atoms with Gasteiger partial charge < -0.3 is 10.0 Å². The van der Waals surface area contributed by atoms with Gasteiger partial charge in [0.15, 0.2) is 0 Å². The maximum atomic E-state index is 13.0. The number of rotatable bonds is 4. The maximum Gasteiger partial charge on any atom is 0.308 e. The van der Waals surface area contributed by atoms with Crippen molar-refractivity contribution >= 4 is 29.2 Å². The van der Waals surface area contributed by atoms with E-state index < -0.39 is 28.6 Å².